The Bertz CT molecular complexity index is 1290. The number of ether oxygens (including phenoxy) is 2. The molecule has 10 nitrogen and oxygen atoms in total. The quantitative estimate of drug-likeness (QED) is 0.296. The summed E-state index contributed by atoms with van der Waals surface area (Å²) in [5, 5.41) is 23.8. The van der Waals surface area contributed by atoms with Crippen molar-refractivity contribution in [3.63, 3.8) is 0 Å². The predicted octanol–water partition coefficient (Wildman–Crippen LogP) is 4.08. The maximum Gasteiger partial charge on any atom is 0.336 e. The summed E-state index contributed by atoms with van der Waals surface area (Å²) < 4.78 is 10.4. The summed E-state index contributed by atoms with van der Waals surface area (Å²) in [6.07, 6.45) is 0. The number of carbonyl (C=O) groups excluding carboxylic acids is 2. The number of hydrogen-bond acceptors (Lipinski definition) is 7. The summed E-state index contributed by atoms with van der Waals surface area (Å²) in [6, 6.07) is 14.9. The maximum absolute atomic E-state index is 12.6. The van der Waals surface area contributed by atoms with Crippen molar-refractivity contribution in [2.45, 2.75) is 4.90 Å². The van der Waals surface area contributed by atoms with Crippen LogP contribution in [0.3, 0.4) is 0 Å². The molecule has 3 aromatic rings. The van der Waals surface area contributed by atoms with Gasteiger partial charge in [-0.3, -0.25) is 9.59 Å². The first-order valence-corrected chi connectivity index (χ1v) is 11.4. The molecule has 0 saturated heterocycles. The molecular formula is C25H22N2O8S. The smallest absolute Gasteiger partial charge is 0.336 e. The van der Waals surface area contributed by atoms with Crippen molar-refractivity contribution in [2.24, 2.45) is 0 Å². The number of thioether (sulfide) groups is 1. The Labute approximate surface area is 210 Å². The fourth-order valence-electron chi connectivity index (χ4n) is 3.11. The van der Waals surface area contributed by atoms with Crippen LogP contribution in [0.2, 0.25) is 0 Å². The van der Waals surface area contributed by atoms with E-state index in [4.69, 9.17) is 14.6 Å². The Kier molecular flexibility index (Phi) is 8.52. The van der Waals surface area contributed by atoms with Gasteiger partial charge < -0.3 is 30.3 Å². The molecule has 0 radical (unpaired) electrons. The second-order valence-corrected chi connectivity index (χ2v) is 8.34. The van der Waals surface area contributed by atoms with Crippen LogP contribution < -0.4 is 20.1 Å². The number of amides is 2. The third-order valence-electron chi connectivity index (χ3n) is 4.86. The van der Waals surface area contributed by atoms with Gasteiger partial charge in [-0.2, -0.15) is 0 Å². The minimum absolute atomic E-state index is 0.128. The third-order valence-corrected chi connectivity index (χ3v) is 5.87. The molecule has 0 saturated carbocycles. The molecule has 186 valence electrons. The van der Waals surface area contributed by atoms with Gasteiger partial charge in [-0.25, -0.2) is 9.59 Å². The summed E-state index contributed by atoms with van der Waals surface area (Å²) in [5.41, 5.74) is 0.110. The van der Waals surface area contributed by atoms with E-state index in [0.29, 0.717) is 22.9 Å². The van der Waals surface area contributed by atoms with Crippen LogP contribution in [-0.2, 0) is 4.79 Å². The van der Waals surface area contributed by atoms with Crippen molar-refractivity contribution in [3.8, 4) is 11.5 Å². The number of carbonyl (C=O) groups is 4. The van der Waals surface area contributed by atoms with Crippen LogP contribution in [0.15, 0.2) is 65.6 Å². The van der Waals surface area contributed by atoms with E-state index in [1.807, 2.05) is 0 Å². The minimum Gasteiger partial charge on any atom is -0.497 e. The molecular weight excluding hydrogens is 488 g/mol. The van der Waals surface area contributed by atoms with Crippen LogP contribution in [0, 0.1) is 0 Å². The third kappa shape index (κ3) is 6.76. The van der Waals surface area contributed by atoms with Crippen molar-refractivity contribution in [1.29, 1.82) is 0 Å². The molecule has 0 aromatic heterocycles. The highest BCUT2D eigenvalue weighted by Crippen LogP contribution is 2.26. The van der Waals surface area contributed by atoms with Crippen molar-refractivity contribution < 1.29 is 38.9 Å². The molecule has 4 N–H and O–H groups in total. The zero-order valence-corrected chi connectivity index (χ0v) is 20.0. The standard InChI is InChI=1S/C25H22N2O8S/c1-34-17-10-16(11-18(12-17)35-2)26-22(28)13-36-19-6-4-15(5-7-19)27-23(29)20-8-3-14(24(30)31)9-21(20)25(32)33/h3-12H,13H2,1-2H3,(H,26,28)(H,27,29)(H,30,31)(H,32,33). The lowest BCUT2D eigenvalue weighted by molar-refractivity contribution is -0.113. The average Bonchev–Trinajstić information content (AvgIpc) is 2.87. The molecule has 0 fully saturated rings. The number of methoxy groups -OCH3 is 2. The van der Waals surface area contributed by atoms with Crippen molar-refractivity contribution >= 4 is 46.9 Å². The van der Waals surface area contributed by atoms with Gasteiger partial charge in [-0.15, -0.1) is 11.8 Å². The number of carboxylic acid groups (broad SMARTS) is 2. The molecule has 0 heterocycles. The SMILES string of the molecule is COc1cc(NC(=O)CSc2ccc(NC(=O)c3ccc(C(=O)O)cc3C(=O)O)cc2)cc(OC)c1. The second-order valence-electron chi connectivity index (χ2n) is 7.29. The van der Waals surface area contributed by atoms with Gasteiger partial charge in [-0.05, 0) is 42.5 Å². The van der Waals surface area contributed by atoms with Gasteiger partial charge in [0.2, 0.25) is 5.91 Å². The van der Waals surface area contributed by atoms with E-state index in [-0.39, 0.29) is 22.8 Å². The largest absolute Gasteiger partial charge is 0.497 e. The highest BCUT2D eigenvalue weighted by atomic mass is 32.2. The lowest BCUT2D eigenvalue weighted by atomic mass is 10.0. The minimum atomic E-state index is -1.42. The monoisotopic (exact) mass is 510 g/mol. The van der Waals surface area contributed by atoms with Gasteiger partial charge in [0.15, 0.2) is 0 Å². The number of benzene rings is 3. The Morgan fingerprint density at radius 3 is 1.94 bits per heavy atom. The summed E-state index contributed by atoms with van der Waals surface area (Å²) in [4.78, 5) is 48.3. The fraction of sp³-hybridized carbons (Fsp3) is 0.120. The van der Waals surface area contributed by atoms with E-state index in [9.17, 15) is 24.3 Å². The zero-order chi connectivity index (χ0) is 26.2. The van der Waals surface area contributed by atoms with Crippen LogP contribution in [0.1, 0.15) is 31.1 Å². The molecule has 0 bridgehead atoms. The highest BCUT2D eigenvalue weighted by Gasteiger charge is 2.19. The summed E-state index contributed by atoms with van der Waals surface area (Å²) in [5.74, 6) is -2.43. The van der Waals surface area contributed by atoms with Crippen LogP contribution in [0.5, 0.6) is 11.5 Å². The van der Waals surface area contributed by atoms with Crippen LogP contribution in [0.25, 0.3) is 0 Å². The first kappa shape index (κ1) is 26.1. The normalized spacial score (nSPS) is 10.3. The number of anilines is 2. The molecule has 0 aliphatic rings. The number of rotatable bonds is 10. The molecule has 0 atom stereocenters. The Morgan fingerprint density at radius 2 is 1.39 bits per heavy atom. The molecule has 0 aliphatic carbocycles. The van der Waals surface area contributed by atoms with Gasteiger partial charge in [-0.1, -0.05) is 0 Å². The molecule has 3 rings (SSSR count). The van der Waals surface area contributed by atoms with E-state index >= 15 is 0 Å². The van der Waals surface area contributed by atoms with E-state index < -0.39 is 23.4 Å². The van der Waals surface area contributed by atoms with Crippen molar-refractivity contribution in [2.75, 3.05) is 30.6 Å². The van der Waals surface area contributed by atoms with E-state index in [2.05, 4.69) is 10.6 Å². The van der Waals surface area contributed by atoms with Crippen molar-refractivity contribution in [3.05, 3.63) is 77.4 Å². The van der Waals surface area contributed by atoms with Gasteiger partial charge in [0.1, 0.15) is 11.5 Å². The molecule has 0 aliphatic heterocycles. The second kappa shape index (κ2) is 11.8. The predicted molar refractivity (Wildman–Crippen MR) is 134 cm³/mol. The van der Waals surface area contributed by atoms with Crippen LogP contribution >= 0.6 is 11.8 Å². The molecule has 3 aromatic carbocycles. The lowest BCUT2D eigenvalue weighted by Gasteiger charge is -2.10. The van der Waals surface area contributed by atoms with Gasteiger partial charge in [0.05, 0.1) is 36.7 Å². The maximum atomic E-state index is 12.6. The van der Waals surface area contributed by atoms with Crippen LogP contribution in [-0.4, -0.2) is 53.9 Å². The molecule has 0 spiro atoms. The Balaban J connectivity index is 1.60. The Hall–Kier alpha value is -4.51. The Morgan fingerprint density at radius 1 is 0.750 bits per heavy atom. The van der Waals surface area contributed by atoms with E-state index in [0.717, 1.165) is 23.1 Å². The number of aromatic carboxylic acids is 2. The van der Waals surface area contributed by atoms with Crippen LogP contribution in [0.4, 0.5) is 11.4 Å². The van der Waals surface area contributed by atoms with Gasteiger partial charge in [0.25, 0.3) is 5.91 Å². The number of nitrogens with one attached hydrogen (secondary N) is 2. The van der Waals surface area contributed by atoms with Gasteiger partial charge in [0, 0.05) is 34.5 Å². The molecule has 0 unspecified atom stereocenters. The van der Waals surface area contributed by atoms with E-state index in [1.165, 1.54) is 26.0 Å². The van der Waals surface area contributed by atoms with E-state index in [1.54, 1.807) is 42.5 Å². The lowest BCUT2D eigenvalue weighted by Crippen LogP contribution is -2.17. The first-order chi connectivity index (χ1) is 17.2. The number of hydrogen-bond donors (Lipinski definition) is 4. The summed E-state index contributed by atoms with van der Waals surface area (Å²) in [6.45, 7) is 0. The van der Waals surface area contributed by atoms with Crippen molar-refractivity contribution in [1.82, 2.24) is 0 Å². The average molecular weight is 511 g/mol. The zero-order valence-electron chi connectivity index (χ0n) is 19.2. The highest BCUT2D eigenvalue weighted by molar-refractivity contribution is 8.00. The topological polar surface area (TPSA) is 151 Å². The fourth-order valence-corrected chi connectivity index (χ4v) is 3.81. The summed E-state index contributed by atoms with van der Waals surface area (Å²) >= 11 is 1.28. The molecule has 11 heteroatoms. The molecule has 2 amide bonds. The number of carboxylic acids is 2. The van der Waals surface area contributed by atoms with Gasteiger partial charge >= 0.3 is 11.9 Å². The first-order valence-electron chi connectivity index (χ1n) is 10.4. The molecule has 36 heavy (non-hydrogen) atoms. The summed E-state index contributed by atoms with van der Waals surface area (Å²) in [7, 11) is 3.03.